The van der Waals surface area contributed by atoms with Gasteiger partial charge >= 0.3 is 0 Å². The van der Waals surface area contributed by atoms with Gasteiger partial charge < -0.3 is 20.6 Å². The summed E-state index contributed by atoms with van der Waals surface area (Å²) in [5.41, 5.74) is 9.01. The first-order chi connectivity index (χ1) is 8.81. The van der Waals surface area contributed by atoms with Crippen LogP contribution in [0.4, 0.5) is 11.4 Å². The lowest BCUT2D eigenvalue weighted by Gasteiger charge is -2.06. The second kappa shape index (κ2) is 4.23. The van der Waals surface area contributed by atoms with E-state index in [1.54, 1.807) is 0 Å². The Bertz CT molecular complexity index is 703. The monoisotopic (exact) mass is 242 g/mol. The number of anilines is 2. The molecule has 0 saturated heterocycles. The van der Waals surface area contributed by atoms with E-state index in [0.717, 1.165) is 22.0 Å². The van der Waals surface area contributed by atoms with Gasteiger partial charge in [0.2, 0.25) is 0 Å². The first-order valence-corrected chi connectivity index (χ1v) is 5.85. The number of fused-ring (bicyclic) bond motifs is 3. The van der Waals surface area contributed by atoms with E-state index in [1.165, 1.54) is 0 Å². The largest absolute Gasteiger partial charge is 0.454 e. The van der Waals surface area contributed by atoms with Crippen molar-refractivity contribution < 1.29 is 9.52 Å². The zero-order valence-electron chi connectivity index (χ0n) is 9.81. The molecule has 0 atom stereocenters. The molecule has 92 valence electrons. The van der Waals surface area contributed by atoms with Gasteiger partial charge in [-0.2, -0.15) is 0 Å². The Morgan fingerprint density at radius 3 is 2.83 bits per heavy atom. The van der Waals surface area contributed by atoms with E-state index in [9.17, 15) is 0 Å². The summed E-state index contributed by atoms with van der Waals surface area (Å²) in [6.07, 6.45) is 0. The fourth-order valence-electron chi connectivity index (χ4n) is 2.19. The predicted octanol–water partition coefficient (Wildman–Crippen LogP) is 2.57. The molecule has 4 nitrogen and oxygen atoms in total. The SMILES string of the molecule is Nc1ccc(NCCO)c2c1oc1ccccc12. The average Bonchev–Trinajstić information content (AvgIpc) is 2.79. The summed E-state index contributed by atoms with van der Waals surface area (Å²) in [4.78, 5) is 0. The second-order valence-electron chi connectivity index (χ2n) is 4.16. The van der Waals surface area contributed by atoms with Gasteiger partial charge in [-0.25, -0.2) is 0 Å². The lowest BCUT2D eigenvalue weighted by molar-refractivity contribution is 0.311. The summed E-state index contributed by atoms with van der Waals surface area (Å²) in [6, 6.07) is 11.5. The maximum atomic E-state index is 8.91. The van der Waals surface area contributed by atoms with Crippen LogP contribution in [0.3, 0.4) is 0 Å². The molecule has 1 heterocycles. The molecule has 18 heavy (non-hydrogen) atoms. The highest BCUT2D eigenvalue weighted by atomic mass is 16.3. The number of hydrogen-bond acceptors (Lipinski definition) is 4. The van der Waals surface area contributed by atoms with Crippen molar-refractivity contribution in [1.82, 2.24) is 0 Å². The topological polar surface area (TPSA) is 71.4 Å². The van der Waals surface area contributed by atoms with Crippen LogP contribution < -0.4 is 11.1 Å². The number of nitrogen functional groups attached to an aromatic ring is 1. The second-order valence-corrected chi connectivity index (χ2v) is 4.16. The van der Waals surface area contributed by atoms with Crippen LogP contribution in [0.25, 0.3) is 21.9 Å². The number of aliphatic hydroxyl groups excluding tert-OH is 1. The van der Waals surface area contributed by atoms with Gasteiger partial charge in [0.25, 0.3) is 0 Å². The average molecular weight is 242 g/mol. The number of nitrogens with one attached hydrogen (secondary N) is 1. The molecule has 0 aliphatic heterocycles. The number of hydrogen-bond donors (Lipinski definition) is 3. The molecule has 2 aromatic carbocycles. The molecular weight excluding hydrogens is 228 g/mol. The van der Waals surface area contributed by atoms with Gasteiger partial charge in [-0.05, 0) is 18.2 Å². The summed E-state index contributed by atoms with van der Waals surface area (Å²) < 4.78 is 5.78. The molecule has 0 bridgehead atoms. The lowest BCUT2D eigenvalue weighted by atomic mass is 10.1. The fraction of sp³-hybridized carbons (Fsp3) is 0.143. The van der Waals surface area contributed by atoms with Crippen LogP contribution in [-0.4, -0.2) is 18.3 Å². The van der Waals surface area contributed by atoms with Crippen LogP contribution in [0.2, 0.25) is 0 Å². The van der Waals surface area contributed by atoms with E-state index in [0.29, 0.717) is 17.8 Å². The fourth-order valence-corrected chi connectivity index (χ4v) is 2.19. The van der Waals surface area contributed by atoms with Gasteiger partial charge in [0.05, 0.1) is 17.7 Å². The number of benzene rings is 2. The third-order valence-electron chi connectivity index (χ3n) is 2.98. The van der Waals surface area contributed by atoms with Crippen LogP contribution in [0.1, 0.15) is 0 Å². The number of para-hydroxylation sites is 1. The molecule has 1 aromatic heterocycles. The summed E-state index contributed by atoms with van der Waals surface area (Å²) >= 11 is 0. The standard InChI is InChI=1S/C14H14N2O2/c15-10-5-6-11(16-7-8-17)13-9-3-1-2-4-12(9)18-14(10)13/h1-6,16-17H,7-8,15H2. The maximum Gasteiger partial charge on any atom is 0.160 e. The molecule has 0 saturated carbocycles. The van der Waals surface area contributed by atoms with Gasteiger partial charge in [0.1, 0.15) is 5.58 Å². The van der Waals surface area contributed by atoms with E-state index in [4.69, 9.17) is 15.3 Å². The van der Waals surface area contributed by atoms with Crippen LogP contribution in [0.15, 0.2) is 40.8 Å². The Morgan fingerprint density at radius 1 is 1.17 bits per heavy atom. The zero-order chi connectivity index (χ0) is 12.5. The third-order valence-corrected chi connectivity index (χ3v) is 2.98. The van der Waals surface area contributed by atoms with Crippen molar-refractivity contribution >= 4 is 33.3 Å². The van der Waals surface area contributed by atoms with E-state index < -0.39 is 0 Å². The zero-order valence-corrected chi connectivity index (χ0v) is 9.81. The highest BCUT2D eigenvalue weighted by Gasteiger charge is 2.12. The number of furan rings is 1. The minimum Gasteiger partial charge on any atom is -0.454 e. The molecule has 4 N–H and O–H groups in total. The molecule has 3 rings (SSSR count). The Kier molecular flexibility index (Phi) is 2.57. The van der Waals surface area contributed by atoms with Crippen LogP contribution in [-0.2, 0) is 0 Å². The number of nitrogens with two attached hydrogens (primary N) is 1. The summed E-state index contributed by atoms with van der Waals surface area (Å²) in [6.45, 7) is 0.584. The molecule has 3 aromatic rings. The molecule has 0 aliphatic rings. The molecule has 0 aliphatic carbocycles. The smallest absolute Gasteiger partial charge is 0.160 e. The summed E-state index contributed by atoms with van der Waals surface area (Å²) in [5.74, 6) is 0. The molecule has 0 fully saturated rings. The highest BCUT2D eigenvalue weighted by molar-refractivity contribution is 6.14. The van der Waals surface area contributed by atoms with Crippen molar-refractivity contribution in [3.63, 3.8) is 0 Å². The quantitative estimate of drug-likeness (QED) is 0.617. The van der Waals surface area contributed by atoms with Gasteiger partial charge in [-0.1, -0.05) is 18.2 Å². The summed E-state index contributed by atoms with van der Waals surface area (Å²) in [7, 11) is 0. The third kappa shape index (κ3) is 1.58. The van der Waals surface area contributed by atoms with Crippen LogP contribution in [0.5, 0.6) is 0 Å². The van der Waals surface area contributed by atoms with Crippen molar-refractivity contribution in [2.45, 2.75) is 0 Å². The molecule has 0 amide bonds. The molecular formula is C14H14N2O2. The van der Waals surface area contributed by atoms with Crippen LogP contribution >= 0.6 is 0 Å². The number of rotatable bonds is 3. The van der Waals surface area contributed by atoms with Crippen LogP contribution in [0, 0.1) is 0 Å². The van der Waals surface area contributed by atoms with Gasteiger partial charge in [0, 0.05) is 17.6 Å². The minimum atomic E-state index is 0.0850. The number of aliphatic hydroxyl groups is 1. The van der Waals surface area contributed by atoms with Crippen molar-refractivity contribution in [2.75, 3.05) is 24.2 Å². The van der Waals surface area contributed by atoms with Gasteiger partial charge in [-0.15, -0.1) is 0 Å². The highest BCUT2D eigenvalue weighted by Crippen LogP contribution is 2.37. The minimum absolute atomic E-state index is 0.0850. The van der Waals surface area contributed by atoms with Gasteiger partial charge in [-0.3, -0.25) is 0 Å². The lowest BCUT2D eigenvalue weighted by Crippen LogP contribution is -2.05. The summed E-state index contributed by atoms with van der Waals surface area (Å²) in [5, 5.41) is 14.1. The first-order valence-electron chi connectivity index (χ1n) is 5.85. The normalized spacial score (nSPS) is 11.2. The van der Waals surface area contributed by atoms with E-state index in [-0.39, 0.29) is 6.61 Å². The Labute approximate surface area is 104 Å². The maximum absolute atomic E-state index is 8.91. The van der Waals surface area contributed by atoms with Crippen molar-refractivity contribution in [2.24, 2.45) is 0 Å². The van der Waals surface area contributed by atoms with Crippen molar-refractivity contribution in [1.29, 1.82) is 0 Å². The molecule has 0 unspecified atom stereocenters. The molecule has 4 heteroatoms. The predicted molar refractivity (Wildman–Crippen MR) is 73.7 cm³/mol. The van der Waals surface area contributed by atoms with E-state index >= 15 is 0 Å². The Morgan fingerprint density at radius 2 is 2.00 bits per heavy atom. The van der Waals surface area contributed by atoms with E-state index in [1.807, 2.05) is 36.4 Å². The Hall–Kier alpha value is -2.20. The molecule has 0 spiro atoms. The van der Waals surface area contributed by atoms with Crippen molar-refractivity contribution in [3.8, 4) is 0 Å². The van der Waals surface area contributed by atoms with Gasteiger partial charge in [0.15, 0.2) is 5.58 Å². The first kappa shape index (κ1) is 10.9. The van der Waals surface area contributed by atoms with Crippen molar-refractivity contribution in [3.05, 3.63) is 36.4 Å². The van der Waals surface area contributed by atoms with E-state index in [2.05, 4.69) is 5.32 Å². The molecule has 0 radical (unpaired) electrons. The Balaban J connectivity index is 2.33.